The Morgan fingerprint density at radius 2 is 1.83 bits per heavy atom. The summed E-state index contributed by atoms with van der Waals surface area (Å²) in [7, 11) is 5.20. The van der Waals surface area contributed by atoms with Gasteiger partial charge in [-0.2, -0.15) is 5.26 Å². The fraction of sp³-hybridized carbons (Fsp3) is 0.559. The molecule has 0 saturated carbocycles. The Morgan fingerprint density at radius 3 is 2.51 bits per heavy atom. The maximum Gasteiger partial charge on any atom is 0.326 e. The molecule has 12 nitrogen and oxygen atoms in total. The molecule has 4 aliphatic rings. The molecule has 5 atom stereocenters. The number of halogens is 1. The van der Waals surface area contributed by atoms with Gasteiger partial charge >= 0.3 is 11.9 Å². The number of carbonyl (C=O) groups is 2. The first-order chi connectivity index (χ1) is 22.7. The maximum absolute atomic E-state index is 12.8. The number of fused-ring (bicyclic) bond motifs is 9. The predicted octanol–water partition coefficient (Wildman–Crippen LogP) is 4.28. The molecule has 0 aliphatic carbocycles. The highest BCUT2D eigenvalue weighted by Gasteiger charge is 2.57. The molecule has 252 valence electrons. The Kier molecular flexibility index (Phi) is 9.45. The minimum absolute atomic E-state index is 0.0152. The van der Waals surface area contributed by atoms with Gasteiger partial charge in [0.2, 0.25) is 6.79 Å². The zero-order valence-corrected chi connectivity index (χ0v) is 28.3. The van der Waals surface area contributed by atoms with Crippen LogP contribution in [0.5, 0.6) is 28.7 Å². The molecule has 0 spiro atoms. The first-order valence-corrected chi connectivity index (χ1v) is 16.3. The summed E-state index contributed by atoms with van der Waals surface area (Å²) in [5.74, 6) is 1.20. The Labute approximate surface area is 279 Å². The van der Waals surface area contributed by atoms with Crippen LogP contribution in [0.3, 0.4) is 0 Å². The lowest BCUT2D eigenvalue weighted by Gasteiger charge is -2.59. The van der Waals surface area contributed by atoms with Crippen molar-refractivity contribution in [1.29, 1.82) is 5.26 Å². The van der Waals surface area contributed by atoms with Gasteiger partial charge in [-0.3, -0.25) is 19.4 Å². The molecule has 4 heterocycles. The highest BCUT2D eigenvalue weighted by Crippen LogP contribution is 2.58. The van der Waals surface area contributed by atoms with Crippen molar-refractivity contribution in [1.82, 2.24) is 9.80 Å². The topological polar surface area (TPSA) is 129 Å². The quantitative estimate of drug-likeness (QED) is 0.155. The third-order valence-corrected chi connectivity index (χ3v) is 9.97. The van der Waals surface area contributed by atoms with Gasteiger partial charge in [0.1, 0.15) is 24.3 Å². The summed E-state index contributed by atoms with van der Waals surface area (Å²) in [6.07, 6.45) is 1.85. The standard InChI is InChI=1S/C34H40ClN3O9/c1-7-8-25(39)43-14-24-28-20(31(47-26(40)12-35)18(3)32-34(28)46-16-45-32)11-22-29-27-19(10-21(37(29)4)23(13-36)38(22)24)9-17(2)30(42-6)33(27)44-15-41-5/h9,21-24,29H,7-8,10-12,14-16H2,1-6H3/t21-,22?,23-,24-,29-/m0/s1. The average Bonchev–Trinajstić information content (AvgIpc) is 3.55. The lowest BCUT2D eigenvalue weighted by Crippen LogP contribution is -2.68. The van der Waals surface area contributed by atoms with Crippen LogP contribution in [0.4, 0.5) is 0 Å². The molecule has 2 bridgehead atoms. The molecule has 47 heavy (non-hydrogen) atoms. The second kappa shape index (κ2) is 13.4. The van der Waals surface area contributed by atoms with Gasteiger partial charge in [0, 0.05) is 47.9 Å². The van der Waals surface area contributed by atoms with Gasteiger partial charge < -0.3 is 33.2 Å². The predicted molar refractivity (Wildman–Crippen MR) is 169 cm³/mol. The van der Waals surface area contributed by atoms with Crippen molar-refractivity contribution in [3.63, 3.8) is 0 Å². The van der Waals surface area contributed by atoms with E-state index >= 15 is 0 Å². The Hall–Kier alpha value is -3.76. The molecule has 2 aromatic rings. The molecule has 0 amide bonds. The highest BCUT2D eigenvalue weighted by molar-refractivity contribution is 6.26. The van der Waals surface area contributed by atoms with Crippen molar-refractivity contribution in [3.8, 4) is 34.8 Å². The molecular weight excluding hydrogens is 630 g/mol. The molecule has 1 fully saturated rings. The first kappa shape index (κ1) is 33.2. The molecular formula is C34H40ClN3O9. The number of likely N-dealkylation sites (N-methyl/N-ethyl adjacent to an activating group) is 1. The minimum Gasteiger partial charge on any atom is -0.493 e. The van der Waals surface area contributed by atoms with E-state index in [2.05, 4.69) is 21.9 Å². The fourth-order valence-electron chi connectivity index (χ4n) is 7.96. The summed E-state index contributed by atoms with van der Waals surface area (Å²) in [4.78, 5) is 29.9. The zero-order chi connectivity index (χ0) is 33.6. The second-order valence-electron chi connectivity index (χ2n) is 12.3. The van der Waals surface area contributed by atoms with Gasteiger partial charge in [-0.15, -0.1) is 11.6 Å². The molecule has 1 unspecified atom stereocenters. The van der Waals surface area contributed by atoms with E-state index < -0.39 is 18.1 Å². The number of hydrogen-bond donors (Lipinski definition) is 0. The largest absolute Gasteiger partial charge is 0.493 e. The lowest BCUT2D eigenvalue weighted by molar-refractivity contribution is -0.149. The molecule has 0 radical (unpaired) electrons. The summed E-state index contributed by atoms with van der Waals surface area (Å²) < 4.78 is 41.3. The molecule has 0 N–H and O–H groups in total. The number of aryl methyl sites for hydroxylation is 1. The summed E-state index contributed by atoms with van der Waals surface area (Å²) >= 11 is 5.92. The van der Waals surface area contributed by atoms with Crippen molar-refractivity contribution in [2.24, 2.45) is 0 Å². The molecule has 13 heteroatoms. The van der Waals surface area contributed by atoms with E-state index in [4.69, 9.17) is 44.8 Å². The summed E-state index contributed by atoms with van der Waals surface area (Å²) in [6, 6.07) is 2.67. The van der Waals surface area contributed by atoms with Crippen molar-refractivity contribution >= 4 is 23.5 Å². The average molecular weight is 670 g/mol. The monoisotopic (exact) mass is 669 g/mol. The van der Waals surface area contributed by atoms with Gasteiger partial charge in [0.25, 0.3) is 0 Å². The van der Waals surface area contributed by atoms with Crippen molar-refractivity contribution in [2.75, 3.05) is 47.3 Å². The van der Waals surface area contributed by atoms with E-state index in [9.17, 15) is 14.9 Å². The summed E-state index contributed by atoms with van der Waals surface area (Å²) in [5.41, 5.74) is 4.93. The molecule has 6 rings (SSSR count). The SMILES string of the molecule is CCCC(=O)OC[C@H]1c2c(c(OC(=O)CCl)c(C)c3c2OCO3)CC2[C@H]3c4c(cc(C)c(OC)c4OCOC)C[C@@H]([C@H](C#N)N21)N3C. The number of nitriles is 1. The number of benzene rings is 2. The van der Waals surface area contributed by atoms with Crippen LogP contribution in [0, 0.1) is 25.2 Å². The van der Waals surface area contributed by atoms with Crippen LogP contribution < -0.4 is 23.7 Å². The number of esters is 2. The van der Waals surface area contributed by atoms with E-state index in [1.165, 1.54) is 0 Å². The number of hydrogen-bond acceptors (Lipinski definition) is 12. The van der Waals surface area contributed by atoms with Crippen LogP contribution in [0.1, 0.15) is 65.2 Å². The highest BCUT2D eigenvalue weighted by atomic mass is 35.5. The van der Waals surface area contributed by atoms with Gasteiger partial charge in [-0.1, -0.05) is 13.0 Å². The first-order valence-electron chi connectivity index (χ1n) is 15.8. The van der Waals surface area contributed by atoms with Gasteiger partial charge in [0.15, 0.2) is 29.8 Å². The Morgan fingerprint density at radius 1 is 1.06 bits per heavy atom. The Bertz CT molecular complexity index is 1630. The number of methoxy groups -OCH3 is 2. The normalized spacial score (nSPS) is 24.0. The van der Waals surface area contributed by atoms with Gasteiger partial charge in [-0.05, 0) is 51.3 Å². The number of ether oxygens (including phenoxy) is 7. The van der Waals surface area contributed by atoms with E-state index in [1.807, 2.05) is 27.8 Å². The van der Waals surface area contributed by atoms with Crippen LogP contribution in [-0.2, 0) is 31.9 Å². The minimum atomic E-state index is -0.616. The number of rotatable bonds is 10. The van der Waals surface area contributed by atoms with E-state index in [0.717, 1.165) is 22.3 Å². The van der Waals surface area contributed by atoms with Crippen molar-refractivity contribution < 1.29 is 42.7 Å². The molecule has 2 aromatic carbocycles. The van der Waals surface area contributed by atoms with Crippen LogP contribution in [-0.4, -0.2) is 87.2 Å². The molecule has 1 saturated heterocycles. The lowest BCUT2D eigenvalue weighted by atomic mass is 9.71. The van der Waals surface area contributed by atoms with Gasteiger partial charge in [0.05, 0.1) is 25.3 Å². The van der Waals surface area contributed by atoms with Crippen LogP contribution in [0.25, 0.3) is 0 Å². The number of piperazine rings is 1. The van der Waals surface area contributed by atoms with Crippen molar-refractivity contribution in [3.05, 3.63) is 39.4 Å². The van der Waals surface area contributed by atoms with Crippen molar-refractivity contribution in [2.45, 2.75) is 76.7 Å². The summed E-state index contributed by atoms with van der Waals surface area (Å²) in [6.45, 7) is 5.65. The number of nitrogens with zero attached hydrogens (tertiary/aromatic N) is 3. The second-order valence-corrected chi connectivity index (χ2v) is 12.6. The maximum atomic E-state index is 12.8. The molecule has 4 aliphatic heterocycles. The van der Waals surface area contributed by atoms with E-state index in [1.54, 1.807) is 14.2 Å². The Balaban J connectivity index is 1.60. The van der Waals surface area contributed by atoms with E-state index in [0.29, 0.717) is 59.1 Å². The van der Waals surface area contributed by atoms with Crippen LogP contribution >= 0.6 is 11.6 Å². The third-order valence-electron chi connectivity index (χ3n) is 9.75. The van der Waals surface area contributed by atoms with Crippen LogP contribution in [0.2, 0.25) is 0 Å². The fourth-order valence-corrected chi connectivity index (χ4v) is 8.01. The number of alkyl halides is 1. The van der Waals surface area contributed by atoms with Crippen LogP contribution in [0.15, 0.2) is 6.07 Å². The van der Waals surface area contributed by atoms with E-state index in [-0.39, 0.29) is 56.6 Å². The summed E-state index contributed by atoms with van der Waals surface area (Å²) in [5, 5.41) is 10.9. The van der Waals surface area contributed by atoms with Gasteiger partial charge in [-0.25, -0.2) is 0 Å². The molecule has 0 aromatic heterocycles. The number of carbonyl (C=O) groups excluding carboxylic acids is 2. The smallest absolute Gasteiger partial charge is 0.326 e. The third kappa shape index (κ3) is 5.43. The zero-order valence-electron chi connectivity index (χ0n) is 27.5.